The molecule has 0 saturated heterocycles. The summed E-state index contributed by atoms with van der Waals surface area (Å²) in [5.74, 6) is 0. The van der Waals surface area contributed by atoms with Gasteiger partial charge in [0.25, 0.3) is 0 Å². The van der Waals surface area contributed by atoms with Crippen molar-refractivity contribution in [2.45, 2.75) is 26.9 Å². The molecule has 0 unspecified atom stereocenters. The molecule has 2 rings (SSSR count). The van der Waals surface area contributed by atoms with Gasteiger partial charge in [-0.3, -0.25) is 0 Å². The molecule has 0 N–H and O–H groups in total. The van der Waals surface area contributed by atoms with Crippen molar-refractivity contribution in [3.63, 3.8) is 0 Å². The molecule has 2 radical (unpaired) electrons. The first kappa shape index (κ1) is 20.6. The van der Waals surface area contributed by atoms with Gasteiger partial charge in [-0.25, -0.2) is 0 Å². The van der Waals surface area contributed by atoms with Crippen molar-refractivity contribution in [3.8, 4) is 0 Å². The van der Waals surface area contributed by atoms with E-state index in [-0.39, 0.29) is 21.7 Å². The van der Waals surface area contributed by atoms with Crippen molar-refractivity contribution < 1.29 is 21.7 Å². The summed E-state index contributed by atoms with van der Waals surface area (Å²) in [6.45, 7) is 15.5. The van der Waals surface area contributed by atoms with Crippen LogP contribution in [0.2, 0.25) is 13.1 Å². The van der Waals surface area contributed by atoms with Gasteiger partial charge in [-0.05, 0) is 0 Å². The summed E-state index contributed by atoms with van der Waals surface area (Å²) in [5.41, 5.74) is 2.81. The first-order valence-electron chi connectivity index (χ1n) is 6.21. The van der Waals surface area contributed by atoms with Gasteiger partial charge in [0.15, 0.2) is 0 Å². The van der Waals surface area contributed by atoms with Crippen LogP contribution in [0.15, 0.2) is 55.6 Å². The Morgan fingerprint density at radius 2 is 1.53 bits per heavy atom. The predicted molar refractivity (Wildman–Crippen MR) is 88.3 cm³/mol. The smallest absolute Gasteiger partial charge is 0.154 e. The van der Waals surface area contributed by atoms with Gasteiger partial charge in [-0.1, -0.05) is 58.3 Å². The number of benzene rings is 1. The fraction of sp³-hybridized carbons (Fsp3) is 0.235. The van der Waals surface area contributed by atoms with Crippen molar-refractivity contribution in [3.05, 3.63) is 66.8 Å². The first-order chi connectivity index (χ1) is 8.62. The van der Waals surface area contributed by atoms with E-state index < -0.39 is 0 Å². The zero-order valence-electron chi connectivity index (χ0n) is 12.5. The van der Waals surface area contributed by atoms with E-state index in [4.69, 9.17) is 0 Å². The molecule has 2 aromatic rings. The number of aryl methyl sites for hydroxylation is 2. The Morgan fingerprint density at radius 3 is 1.95 bits per heavy atom. The van der Waals surface area contributed by atoms with Gasteiger partial charge in [0.1, 0.15) is 0 Å². The molecule has 0 saturated carbocycles. The Bertz CT molecular complexity index is 477. The van der Waals surface area contributed by atoms with E-state index in [2.05, 4.69) is 70.4 Å². The standard InChI is InChI=1S/C11H11.C4H6.C2H7Si.Ti/c1-8-7-10-5-3-4-6-11(10)9(8)2;1-3-4-2;1-3-2;/h3-7H,1-2H3;3-4H,1-2H2;3H,1-2H3;/q-1;;;+3. The van der Waals surface area contributed by atoms with Crippen LogP contribution in [0.5, 0.6) is 0 Å². The quantitative estimate of drug-likeness (QED) is 0.393. The second kappa shape index (κ2) is 12.3. The van der Waals surface area contributed by atoms with Gasteiger partial charge in [0.2, 0.25) is 0 Å². The molecule has 0 aliphatic carbocycles. The van der Waals surface area contributed by atoms with Gasteiger partial charge in [-0.2, -0.15) is 5.56 Å². The van der Waals surface area contributed by atoms with Crippen LogP contribution in [0.4, 0.5) is 0 Å². The molecule has 0 bridgehead atoms. The Balaban J connectivity index is 0. The Morgan fingerprint density at radius 1 is 1.05 bits per heavy atom. The number of hydrogen-bond donors (Lipinski definition) is 0. The maximum Gasteiger partial charge on any atom is 3.00 e. The van der Waals surface area contributed by atoms with Crippen LogP contribution in [0.3, 0.4) is 0 Å². The van der Waals surface area contributed by atoms with Crippen molar-refractivity contribution in [2.24, 2.45) is 0 Å². The molecule has 0 fully saturated rings. The summed E-state index contributed by atoms with van der Waals surface area (Å²) in [6, 6.07) is 10.8. The second-order valence-corrected chi connectivity index (χ2v) is 5.24. The average molecular weight is 304 g/mol. The van der Waals surface area contributed by atoms with Crippen LogP contribution in [-0.2, 0) is 21.7 Å². The van der Waals surface area contributed by atoms with Crippen molar-refractivity contribution in [2.75, 3.05) is 0 Å². The summed E-state index contributed by atoms with van der Waals surface area (Å²) in [5, 5.41) is 2.76. The van der Waals surface area contributed by atoms with Crippen molar-refractivity contribution in [1.82, 2.24) is 0 Å². The third-order valence-electron chi connectivity index (χ3n) is 2.49. The summed E-state index contributed by atoms with van der Waals surface area (Å²) in [6.07, 6.45) is 3.28. The SMILES string of the molecule is C=CC=C.C[SiH]C.Cc1[cH-]c2ccccc2c1C.[Ti+3]. The van der Waals surface area contributed by atoms with Gasteiger partial charge in [-0.15, -0.1) is 40.6 Å². The molecule has 19 heavy (non-hydrogen) atoms. The Labute approximate surface area is 135 Å². The first-order valence-corrected chi connectivity index (χ1v) is 8.52. The van der Waals surface area contributed by atoms with E-state index >= 15 is 0 Å². The molecule has 0 amide bonds. The van der Waals surface area contributed by atoms with Crippen LogP contribution >= 0.6 is 0 Å². The third kappa shape index (κ3) is 7.41. The maximum atomic E-state index is 3.36. The van der Waals surface area contributed by atoms with Gasteiger partial charge in [0.05, 0.1) is 0 Å². The molecule has 2 aromatic carbocycles. The van der Waals surface area contributed by atoms with Crippen molar-refractivity contribution >= 4 is 20.3 Å². The average Bonchev–Trinajstić information content (AvgIpc) is 2.67. The maximum absolute atomic E-state index is 3.36. The summed E-state index contributed by atoms with van der Waals surface area (Å²) >= 11 is 0. The second-order valence-electron chi connectivity index (χ2n) is 4.09. The van der Waals surface area contributed by atoms with Crippen LogP contribution < -0.4 is 0 Å². The minimum Gasteiger partial charge on any atom is -0.154 e. The van der Waals surface area contributed by atoms with E-state index in [1.54, 1.807) is 12.2 Å². The molecule has 0 aliphatic heterocycles. The fourth-order valence-electron chi connectivity index (χ4n) is 1.52. The predicted octanol–water partition coefficient (Wildman–Crippen LogP) is 5.05. The molecule has 98 valence electrons. The minimum atomic E-state index is 0. The van der Waals surface area contributed by atoms with E-state index in [0.717, 1.165) is 9.52 Å². The molecule has 0 aliphatic rings. The minimum absolute atomic E-state index is 0. The number of rotatable bonds is 1. The summed E-state index contributed by atoms with van der Waals surface area (Å²) in [7, 11) is 0.750. The van der Waals surface area contributed by atoms with E-state index in [1.165, 1.54) is 21.9 Å². The largest absolute Gasteiger partial charge is 3.00 e. The van der Waals surface area contributed by atoms with E-state index in [9.17, 15) is 0 Å². The Kier molecular flexibility index (Phi) is 13.3. The van der Waals surface area contributed by atoms with Gasteiger partial charge >= 0.3 is 21.7 Å². The molecular weight excluding hydrogens is 280 g/mol. The molecule has 2 heteroatoms. The molecule has 0 aromatic heterocycles. The topological polar surface area (TPSA) is 0 Å². The van der Waals surface area contributed by atoms with Crippen LogP contribution in [0.25, 0.3) is 10.8 Å². The Hall–Kier alpha value is -0.759. The summed E-state index contributed by atoms with van der Waals surface area (Å²) < 4.78 is 0. The fourth-order valence-corrected chi connectivity index (χ4v) is 1.52. The van der Waals surface area contributed by atoms with Gasteiger partial charge in [0, 0.05) is 9.52 Å². The monoisotopic (exact) mass is 304 g/mol. The number of hydrogen-bond acceptors (Lipinski definition) is 0. The van der Waals surface area contributed by atoms with E-state index in [1.807, 2.05) is 0 Å². The molecular formula is C17H24SiTi+2. The zero-order chi connectivity index (χ0) is 14.0. The molecule has 0 heterocycles. The number of allylic oxidation sites excluding steroid dienone is 2. The third-order valence-corrected chi connectivity index (χ3v) is 2.49. The van der Waals surface area contributed by atoms with E-state index in [0.29, 0.717) is 0 Å². The summed E-state index contributed by atoms with van der Waals surface area (Å²) in [4.78, 5) is 0. The van der Waals surface area contributed by atoms with Gasteiger partial charge < -0.3 is 0 Å². The van der Waals surface area contributed by atoms with Crippen LogP contribution in [0.1, 0.15) is 11.1 Å². The molecule has 0 spiro atoms. The zero-order valence-corrected chi connectivity index (χ0v) is 15.2. The van der Waals surface area contributed by atoms with Crippen LogP contribution in [-0.4, -0.2) is 9.52 Å². The molecule has 0 nitrogen and oxygen atoms in total. The normalized spacial score (nSPS) is 8.21. The number of fused-ring (bicyclic) bond motifs is 1. The van der Waals surface area contributed by atoms with Crippen LogP contribution in [0, 0.1) is 13.8 Å². The molecule has 0 atom stereocenters. The van der Waals surface area contributed by atoms with Crippen molar-refractivity contribution in [1.29, 1.82) is 0 Å².